The van der Waals surface area contributed by atoms with Crippen molar-refractivity contribution in [2.75, 3.05) is 13.4 Å². The predicted molar refractivity (Wildman–Crippen MR) is 51.8 cm³/mol. The molecule has 0 amide bonds. The molecule has 4 heteroatoms. The van der Waals surface area contributed by atoms with Crippen molar-refractivity contribution in [1.82, 2.24) is 0 Å². The summed E-state index contributed by atoms with van der Waals surface area (Å²) in [6.07, 6.45) is 2.01. The minimum Gasteiger partial charge on any atom is -1.00 e. The van der Waals surface area contributed by atoms with Gasteiger partial charge in [-0.25, -0.2) is 0 Å². The molecular formula is C9H13NaO2S. The monoisotopic (exact) mass is 208 g/mol. The molecule has 0 heterocycles. The first-order valence-corrected chi connectivity index (χ1v) is 4.86. The van der Waals surface area contributed by atoms with Crippen LogP contribution < -0.4 is 34.3 Å². The predicted octanol–water partition coefficient (Wildman–Crippen LogP) is -0.974. The van der Waals surface area contributed by atoms with Gasteiger partial charge in [0.05, 0.1) is 13.7 Å². The molecule has 0 radical (unpaired) electrons. The molecule has 0 bridgehead atoms. The molecule has 0 aliphatic carbocycles. The van der Waals surface area contributed by atoms with Gasteiger partial charge in [0, 0.05) is 10.5 Å². The van der Waals surface area contributed by atoms with E-state index in [1.165, 1.54) is 0 Å². The normalized spacial score (nSPS) is 9.15. The van der Waals surface area contributed by atoms with Crippen LogP contribution in [0.25, 0.3) is 0 Å². The van der Waals surface area contributed by atoms with Gasteiger partial charge >= 0.3 is 29.6 Å². The zero-order valence-electron chi connectivity index (χ0n) is 9.20. The summed E-state index contributed by atoms with van der Waals surface area (Å²) < 4.78 is 5.11. The number of hydrogen-bond acceptors (Lipinski definition) is 3. The van der Waals surface area contributed by atoms with E-state index in [1.807, 2.05) is 24.5 Å². The maximum absolute atomic E-state index is 8.93. The quantitative estimate of drug-likeness (QED) is 0.512. The minimum absolute atomic E-state index is 0. The summed E-state index contributed by atoms with van der Waals surface area (Å²) >= 11 is 1.66. The zero-order valence-corrected chi connectivity index (χ0v) is 11.0. The molecule has 0 unspecified atom stereocenters. The van der Waals surface area contributed by atoms with Crippen LogP contribution in [0.2, 0.25) is 0 Å². The summed E-state index contributed by atoms with van der Waals surface area (Å²) in [6, 6.07) is 5.78. The van der Waals surface area contributed by atoms with Crippen molar-refractivity contribution >= 4 is 11.8 Å². The van der Waals surface area contributed by atoms with Gasteiger partial charge in [0.2, 0.25) is 0 Å². The topological polar surface area (TPSA) is 29.5 Å². The van der Waals surface area contributed by atoms with Crippen molar-refractivity contribution in [2.24, 2.45) is 0 Å². The molecule has 0 aliphatic heterocycles. The van der Waals surface area contributed by atoms with Gasteiger partial charge in [0.15, 0.2) is 0 Å². The molecule has 0 saturated carbocycles. The average molecular weight is 208 g/mol. The van der Waals surface area contributed by atoms with E-state index in [1.54, 1.807) is 18.9 Å². The third kappa shape index (κ3) is 3.52. The van der Waals surface area contributed by atoms with E-state index < -0.39 is 0 Å². The molecule has 0 aliphatic rings. The number of methoxy groups -OCH3 is 1. The molecule has 1 aromatic carbocycles. The third-order valence-corrected chi connectivity index (χ3v) is 2.39. The fourth-order valence-corrected chi connectivity index (χ4v) is 1.41. The number of rotatable bonds is 3. The van der Waals surface area contributed by atoms with Crippen LogP contribution in [0.15, 0.2) is 23.1 Å². The van der Waals surface area contributed by atoms with E-state index in [0.717, 1.165) is 16.2 Å². The molecule has 0 fully saturated rings. The fourth-order valence-electron chi connectivity index (χ4n) is 0.982. The van der Waals surface area contributed by atoms with Crippen LogP contribution in [0, 0.1) is 0 Å². The average Bonchev–Trinajstić information content (AvgIpc) is 2.16. The van der Waals surface area contributed by atoms with Crippen molar-refractivity contribution in [3.63, 3.8) is 0 Å². The van der Waals surface area contributed by atoms with Crippen molar-refractivity contribution in [3.8, 4) is 5.75 Å². The minimum atomic E-state index is 0. The Morgan fingerprint density at radius 1 is 1.54 bits per heavy atom. The Labute approximate surface area is 106 Å². The molecule has 68 valence electrons. The van der Waals surface area contributed by atoms with Crippen LogP contribution in [0.3, 0.4) is 0 Å². The number of hydrogen-bond donors (Lipinski definition) is 1. The van der Waals surface area contributed by atoms with Crippen LogP contribution in [0.1, 0.15) is 6.99 Å². The Balaban J connectivity index is 0. The summed E-state index contributed by atoms with van der Waals surface area (Å²) in [5.41, 5.74) is 0.829. The van der Waals surface area contributed by atoms with E-state index >= 15 is 0 Å². The Kier molecular flexibility index (Phi) is 6.91. The van der Waals surface area contributed by atoms with Gasteiger partial charge in [-0.15, -0.1) is 11.8 Å². The SMILES string of the molecule is COc1cc(SC)ccc1CO.[H-].[Na+]. The first-order valence-electron chi connectivity index (χ1n) is 3.63. The smallest absolute Gasteiger partial charge is 1.00 e. The molecule has 1 N–H and O–H groups in total. The number of thioether (sulfide) groups is 1. The summed E-state index contributed by atoms with van der Waals surface area (Å²) in [5, 5.41) is 8.93. The van der Waals surface area contributed by atoms with Crippen molar-refractivity contribution in [2.45, 2.75) is 11.5 Å². The van der Waals surface area contributed by atoms with Crippen molar-refractivity contribution in [3.05, 3.63) is 23.8 Å². The maximum atomic E-state index is 8.93. The van der Waals surface area contributed by atoms with Gasteiger partial charge in [0.25, 0.3) is 0 Å². The Hall–Kier alpha value is 0.330. The third-order valence-electron chi connectivity index (χ3n) is 1.66. The molecule has 0 spiro atoms. The van der Waals surface area contributed by atoms with E-state index in [9.17, 15) is 0 Å². The van der Waals surface area contributed by atoms with Crippen LogP contribution in [-0.2, 0) is 6.61 Å². The summed E-state index contributed by atoms with van der Waals surface area (Å²) in [6.45, 7) is 0.0256. The van der Waals surface area contributed by atoms with Gasteiger partial charge in [-0.3, -0.25) is 0 Å². The largest absolute Gasteiger partial charge is 1.00 e. The number of ether oxygens (including phenoxy) is 1. The fraction of sp³-hybridized carbons (Fsp3) is 0.333. The van der Waals surface area contributed by atoms with Crippen LogP contribution >= 0.6 is 11.8 Å². The molecule has 1 rings (SSSR count). The molecule has 1 aromatic rings. The summed E-state index contributed by atoms with van der Waals surface area (Å²) in [4.78, 5) is 1.14. The van der Waals surface area contributed by atoms with Crippen LogP contribution in [-0.4, -0.2) is 18.5 Å². The van der Waals surface area contributed by atoms with Gasteiger partial charge in [-0.05, 0) is 18.4 Å². The van der Waals surface area contributed by atoms with Gasteiger partial charge in [0.1, 0.15) is 5.75 Å². The standard InChI is InChI=1S/C9H12O2S.Na.H/c1-11-9-5-8(12-2)4-3-7(9)6-10;;/h3-5,10H,6H2,1-2H3;;/q;+1;-1. The van der Waals surface area contributed by atoms with Gasteiger partial charge in [-0.1, -0.05) is 6.07 Å². The molecular weight excluding hydrogens is 195 g/mol. The second-order valence-corrected chi connectivity index (χ2v) is 3.22. The molecule has 13 heavy (non-hydrogen) atoms. The van der Waals surface area contributed by atoms with E-state index in [-0.39, 0.29) is 37.6 Å². The first-order chi connectivity index (χ1) is 5.81. The van der Waals surface area contributed by atoms with E-state index in [4.69, 9.17) is 9.84 Å². The maximum Gasteiger partial charge on any atom is 1.00 e. The Bertz CT molecular complexity index is 271. The summed E-state index contributed by atoms with van der Waals surface area (Å²) in [7, 11) is 1.61. The van der Waals surface area contributed by atoms with Crippen LogP contribution in [0.5, 0.6) is 5.75 Å². The zero-order chi connectivity index (χ0) is 8.97. The molecule has 0 aromatic heterocycles. The number of benzene rings is 1. The Morgan fingerprint density at radius 3 is 2.69 bits per heavy atom. The number of aliphatic hydroxyl groups excluding tert-OH is 1. The molecule has 0 saturated heterocycles. The summed E-state index contributed by atoms with van der Waals surface area (Å²) in [5.74, 6) is 0.754. The van der Waals surface area contributed by atoms with E-state index in [0.29, 0.717) is 0 Å². The molecule has 0 atom stereocenters. The van der Waals surface area contributed by atoms with Crippen molar-refractivity contribution in [1.29, 1.82) is 0 Å². The van der Waals surface area contributed by atoms with Crippen LogP contribution in [0.4, 0.5) is 0 Å². The second-order valence-electron chi connectivity index (χ2n) is 2.34. The van der Waals surface area contributed by atoms with Gasteiger partial charge < -0.3 is 11.3 Å². The Morgan fingerprint density at radius 2 is 2.23 bits per heavy atom. The number of aliphatic hydroxyl groups is 1. The molecule has 2 nitrogen and oxygen atoms in total. The van der Waals surface area contributed by atoms with Gasteiger partial charge in [-0.2, -0.15) is 0 Å². The van der Waals surface area contributed by atoms with E-state index in [2.05, 4.69) is 0 Å². The van der Waals surface area contributed by atoms with Crippen molar-refractivity contribution < 1.29 is 40.8 Å². The second kappa shape index (κ2) is 6.74. The first kappa shape index (κ1) is 13.3.